The third-order valence-electron chi connectivity index (χ3n) is 4.86. The Balaban J connectivity index is 0. The van der Waals surface area contributed by atoms with E-state index in [0.29, 0.717) is 0 Å². The molecular formula is C24H37F3S. The van der Waals surface area contributed by atoms with E-state index in [2.05, 4.69) is 93.5 Å². The first-order valence-corrected chi connectivity index (χ1v) is 10.0. The molecular weight excluding hydrogens is 377 g/mol. The molecule has 0 nitrogen and oxygen atoms in total. The third-order valence-corrected chi connectivity index (χ3v) is 6.55. The third kappa shape index (κ3) is 6.30. The summed E-state index contributed by atoms with van der Waals surface area (Å²) in [5.74, 6) is 0. The minimum atomic E-state index is 0. The zero-order valence-electron chi connectivity index (χ0n) is 18.9. The summed E-state index contributed by atoms with van der Waals surface area (Å²) in [6, 6.07) is 9.46. The largest absolute Gasteiger partial charge is 0.269 e. The number of benzene rings is 2. The predicted octanol–water partition coefficient (Wildman–Crippen LogP) is 8.12. The fraction of sp³-hybridized carbons (Fsp3) is 0.500. The summed E-state index contributed by atoms with van der Waals surface area (Å²) in [6.07, 6.45) is 0. The molecule has 0 bridgehead atoms. The van der Waals surface area contributed by atoms with E-state index < -0.39 is 0 Å². The maximum absolute atomic E-state index is 2.36. The lowest BCUT2D eigenvalue weighted by Crippen LogP contribution is -2.12. The van der Waals surface area contributed by atoms with E-state index in [4.69, 9.17) is 0 Å². The number of hydrogen-bond acceptors (Lipinski definition) is 1. The summed E-state index contributed by atoms with van der Waals surface area (Å²) < 4.78 is 0. The molecule has 4 heteroatoms. The van der Waals surface area contributed by atoms with Crippen molar-refractivity contribution in [2.24, 2.45) is 0 Å². The van der Waals surface area contributed by atoms with E-state index in [1.54, 1.807) is 0 Å². The molecule has 0 fully saturated rings. The highest BCUT2D eigenvalue weighted by Crippen LogP contribution is 2.40. The van der Waals surface area contributed by atoms with Crippen LogP contribution in [0.1, 0.15) is 74.9 Å². The molecule has 2 aromatic rings. The second-order valence-corrected chi connectivity index (χ2v) is 10.5. The van der Waals surface area contributed by atoms with Crippen LogP contribution in [-0.2, 0) is 10.8 Å². The maximum atomic E-state index is 2.36. The molecule has 0 aromatic heterocycles. The summed E-state index contributed by atoms with van der Waals surface area (Å²) >= 11 is 1.93. The van der Waals surface area contributed by atoms with Gasteiger partial charge in [-0.2, -0.15) is 0 Å². The lowest BCUT2D eigenvalue weighted by atomic mass is 9.85. The summed E-state index contributed by atoms with van der Waals surface area (Å²) in [5, 5.41) is 0. The normalized spacial score (nSPS) is 11.2. The van der Waals surface area contributed by atoms with Crippen molar-refractivity contribution in [2.45, 2.75) is 89.9 Å². The topological polar surface area (TPSA) is 0 Å². The van der Waals surface area contributed by atoms with Crippen molar-refractivity contribution >= 4 is 11.8 Å². The highest BCUT2D eigenvalue weighted by molar-refractivity contribution is 7.99. The average Bonchev–Trinajstić information content (AvgIpc) is 2.42. The van der Waals surface area contributed by atoms with Crippen LogP contribution in [0.15, 0.2) is 34.1 Å². The molecule has 160 valence electrons. The van der Waals surface area contributed by atoms with Gasteiger partial charge in [0.2, 0.25) is 0 Å². The lowest BCUT2D eigenvalue weighted by Gasteiger charge is -2.24. The molecule has 0 atom stereocenters. The van der Waals surface area contributed by atoms with Crippen LogP contribution in [0.4, 0.5) is 14.1 Å². The Hall–Kier alpha value is -1.42. The smallest absolute Gasteiger partial charge is 0.0181 e. The lowest BCUT2D eigenvalue weighted by molar-refractivity contribution is 0.588. The summed E-state index contributed by atoms with van der Waals surface area (Å²) in [6.45, 7) is 22.7. The molecule has 0 aliphatic carbocycles. The van der Waals surface area contributed by atoms with Gasteiger partial charge >= 0.3 is 0 Å². The Labute approximate surface area is 173 Å². The van der Waals surface area contributed by atoms with Gasteiger partial charge in [-0.05, 0) is 71.9 Å². The average molecular weight is 415 g/mol. The zero-order chi connectivity index (χ0) is 19.2. The highest BCUT2D eigenvalue weighted by atomic mass is 32.2. The van der Waals surface area contributed by atoms with Crippen molar-refractivity contribution < 1.29 is 14.1 Å². The van der Waals surface area contributed by atoms with Gasteiger partial charge in [-0.1, -0.05) is 77.6 Å². The molecule has 0 heterocycles. The van der Waals surface area contributed by atoms with Crippen LogP contribution < -0.4 is 0 Å². The molecule has 0 radical (unpaired) electrons. The Morgan fingerprint density at radius 3 is 0.893 bits per heavy atom. The first-order valence-electron chi connectivity index (χ1n) is 9.22. The van der Waals surface area contributed by atoms with Gasteiger partial charge in [-0.25, -0.2) is 0 Å². The molecule has 0 aliphatic heterocycles. The Morgan fingerprint density at radius 2 is 0.714 bits per heavy atom. The fourth-order valence-electron chi connectivity index (χ4n) is 3.19. The molecule has 0 spiro atoms. The van der Waals surface area contributed by atoms with Gasteiger partial charge in [-0.15, -0.1) is 0 Å². The maximum Gasteiger partial charge on any atom is 0.0181 e. The first-order chi connectivity index (χ1) is 11.3. The van der Waals surface area contributed by atoms with E-state index in [0.717, 1.165) is 0 Å². The number of rotatable bonds is 2. The minimum absolute atomic E-state index is 0. The van der Waals surface area contributed by atoms with Crippen molar-refractivity contribution in [3.63, 3.8) is 0 Å². The number of halogens is 3. The van der Waals surface area contributed by atoms with Gasteiger partial charge in [0, 0.05) is 9.79 Å². The van der Waals surface area contributed by atoms with Crippen molar-refractivity contribution in [3.05, 3.63) is 57.6 Å². The van der Waals surface area contributed by atoms with Crippen LogP contribution in [-0.4, -0.2) is 0 Å². The van der Waals surface area contributed by atoms with Crippen molar-refractivity contribution in [1.29, 1.82) is 0 Å². The van der Waals surface area contributed by atoms with E-state index in [1.807, 2.05) is 11.8 Å². The van der Waals surface area contributed by atoms with E-state index in [9.17, 15) is 0 Å². The van der Waals surface area contributed by atoms with Crippen molar-refractivity contribution in [1.82, 2.24) is 0 Å². The summed E-state index contributed by atoms with van der Waals surface area (Å²) in [4.78, 5) is 2.81. The van der Waals surface area contributed by atoms with E-state index in [1.165, 1.54) is 43.2 Å². The first kappa shape index (κ1) is 28.8. The van der Waals surface area contributed by atoms with Gasteiger partial charge in [0.1, 0.15) is 0 Å². The second-order valence-electron chi connectivity index (χ2n) is 9.48. The van der Waals surface area contributed by atoms with Crippen LogP contribution in [0.5, 0.6) is 0 Å². The number of hydrogen-bond donors (Lipinski definition) is 0. The molecule has 0 aliphatic rings. The molecule has 0 saturated carbocycles. The van der Waals surface area contributed by atoms with Gasteiger partial charge in [-0.3, -0.25) is 14.1 Å². The fourth-order valence-corrected chi connectivity index (χ4v) is 4.27. The van der Waals surface area contributed by atoms with E-state index >= 15 is 0 Å². The zero-order valence-corrected chi connectivity index (χ0v) is 19.8. The van der Waals surface area contributed by atoms with Crippen LogP contribution in [0.2, 0.25) is 0 Å². The predicted molar refractivity (Wildman–Crippen MR) is 121 cm³/mol. The molecule has 0 amide bonds. The molecule has 0 saturated heterocycles. The van der Waals surface area contributed by atoms with E-state index in [-0.39, 0.29) is 24.9 Å². The monoisotopic (exact) mass is 414 g/mol. The SMILES string of the molecule is Cc1cc(C(C)(C)C)cc(C)c1Sc1c(C)cc(C(C)(C)C)cc1C.F.F.F. The number of aryl methyl sites for hydroxylation is 4. The molecule has 0 unspecified atom stereocenters. The Morgan fingerprint density at radius 1 is 0.500 bits per heavy atom. The van der Waals surface area contributed by atoms with Crippen LogP contribution >= 0.6 is 11.8 Å². The van der Waals surface area contributed by atoms with Gasteiger partial charge in [0.15, 0.2) is 0 Å². The van der Waals surface area contributed by atoms with Crippen molar-refractivity contribution in [2.75, 3.05) is 0 Å². The van der Waals surface area contributed by atoms with Crippen LogP contribution in [0.25, 0.3) is 0 Å². The Kier molecular flexibility index (Phi) is 10.1. The van der Waals surface area contributed by atoms with Crippen molar-refractivity contribution in [3.8, 4) is 0 Å². The van der Waals surface area contributed by atoms with Gasteiger partial charge in [0.25, 0.3) is 0 Å². The molecule has 28 heavy (non-hydrogen) atoms. The quantitative estimate of drug-likeness (QED) is 0.478. The Bertz CT molecular complexity index is 683. The minimum Gasteiger partial charge on any atom is -0.269 e. The van der Waals surface area contributed by atoms with Crippen LogP contribution in [0, 0.1) is 27.7 Å². The molecule has 2 aromatic carbocycles. The van der Waals surface area contributed by atoms with Gasteiger partial charge < -0.3 is 0 Å². The molecule has 0 N–H and O–H groups in total. The summed E-state index contributed by atoms with van der Waals surface area (Å²) in [5.41, 5.74) is 8.76. The standard InChI is InChI=1S/C24H34S.3FH/c1-15-11-19(23(5,6)7)12-16(2)21(15)25-22-17(3)13-20(14-18(22)4)24(8,9)10;;;/h11-14H,1-10H3;3*1H. The highest BCUT2D eigenvalue weighted by Gasteiger charge is 2.19. The van der Waals surface area contributed by atoms with Crippen LogP contribution in [0.3, 0.4) is 0 Å². The second kappa shape index (κ2) is 9.87. The summed E-state index contributed by atoms with van der Waals surface area (Å²) in [7, 11) is 0. The molecule has 2 rings (SSSR count). The van der Waals surface area contributed by atoms with Gasteiger partial charge in [0.05, 0.1) is 0 Å².